The second kappa shape index (κ2) is 7.10. The summed E-state index contributed by atoms with van der Waals surface area (Å²) in [6.07, 6.45) is 2.42. The molecule has 0 unspecified atom stereocenters. The predicted molar refractivity (Wildman–Crippen MR) is 72.2 cm³/mol. The first-order chi connectivity index (χ1) is 8.54. The van der Waals surface area contributed by atoms with Crippen molar-refractivity contribution < 1.29 is 9.59 Å². The third-order valence-electron chi connectivity index (χ3n) is 2.27. The van der Waals surface area contributed by atoms with E-state index in [0.717, 1.165) is 6.42 Å². The second-order valence-electron chi connectivity index (χ2n) is 3.88. The Hall–Kier alpha value is -1.43. The van der Waals surface area contributed by atoms with Crippen molar-refractivity contribution in [3.63, 3.8) is 0 Å². The highest BCUT2D eigenvalue weighted by Gasteiger charge is 2.14. The molecule has 1 N–H and O–H groups in total. The van der Waals surface area contributed by atoms with Crippen LogP contribution in [0.3, 0.4) is 0 Å². The summed E-state index contributed by atoms with van der Waals surface area (Å²) in [7, 11) is 1.60. The van der Waals surface area contributed by atoms with E-state index in [-0.39, 0.29) is 18.4 Å². The first-order valence-electron chi connectivity index (χ1n) is 5.68. The Morgan fingerprint density at radius 1 is 1.50 bits per heavy atom. The van der Waals surface area contributed by atoms with Gasteiger partial charge in [0.25, 0.3) is 5.91 Å². The Kier molecular flexibility index (Phi) is 5.77. The molecule has 0 aliphatic carbocycles. The summed E-state index contributed by atoms with van der Waals surface area (Å²) in [6.45, 7) is 2.66. The highest BCUT2D eigenvalue weighted by Crippen LogP contribution is 2.09. The van der Waals surface area contributed by atoms with Crippen molar-refractivity contribution in [1.82, 2.24) is 15.2 Å². The van der Waals surface area contributed by atoms with Crippen LogP contribution in [0.1, 0.15) is 23.7 Å². The standard InChI is InChI=1S/C12H16BrN3O2/c1-3-5-15-11(17)8-16(2)12(18)9-4-6-14-10(13)7-9/h4,6-7H,3,5,8H2,1-2H3,(H,15,17). The molecule has 0 saturated carbocycles. The minimum absolute atomic E-state index is 0.0543. The number of likely N-dealkylation sites (N-methyl/N-ethyl adjacent to an activating group) is 1. The maximum absolute atomic E-state index is 12.0. The van der Waals surface area contributed by atoms with Crippen molar-refractivity contribution in [3.8, 4) is 0 Å². The van der Waals surface area contributed by atoms with Crippen molar-refractivity contribution in [2.75, 3.05) is 20.1 Å². The van der Waals surface area contributed by atoms with E-state index in [9.17, 15) is 9.59 Å². The van der Waals surface area contributed by atoms with Crippen LogP contribution in [0, 0.1) is 0 Å². The number of carbonyl (C=O) groups excluding carboxylic acids is 2. The topological polar surface area (TPSA) is 62.3 Å². The molecule has 0 aromatic carbocycles. The Labute approximate surface area is 115 Å². The molecule has 0 aliphatic rings. The number of rotatable bonds is 5. The smallest absolute Gasteiger partial charge is 0.254 e. The Bertz CT molecular complexity index is 437. The van der Waals surface area contributed by atoms with Gasteiger partial charge < -0.3 is 10.2 Å². The van der Waals surface area contributed by atoms with Crippen LogP contribution in [-0.2, 0) is 4.79 Å². The molecule has 0 radical (unpaired) electrons. The Balaban J connectivity index is 2.59. The summed E-state index contributed by atoms with van der Waals surface area (Å²) >= 11 is 3.20. The van der Waals surface area contributed by atoms with Crippen LogP contribution in [0.15, 0.2) is 22.9 Å². The summed E-state index contributed by atoms with van der Waals surface area (Å²) in [5, 5.41) is 2.73. The van der Waals surface area contributed by atoms with Gasteiger partial charge in [-0.3, -0.25) is 9.59 Å². The lowest BCUT2D eigenvalue weighted by Crippen LogP contribution is -2.38. The van der Waals surface area contributed by atoms with Gasteiger partial charge in [0.1, 0.15) is 4.60 Å². The number of pyridine rings is 1. The highest BCUT2D eigenvalue weighted by atomic mass is 79.9. The first-order valence-corrected chi connectivity index (χ1v) is 6.47. The summed E-state index contributed by atoms with van der Waals surface area (Å²) in [5.74, 6) is -0.356. The number of amides is 2. The quantitative estimate of drug-likeness (QED) is 0.837. The molecular weight excluding hydrogens is 298 g/mol. The minimum Gasteiger partial charge on any atom is -0.355 e. The van der Waals surface area contributed by atoms with Crippen LogP contribution in [0.25, 0.3) is 0 Å². The molecule has 1 heterocycles. The number of halogens is 1. The van der Waals surface area contributed by atoms with Gasteiger partial charge in [-0.15, -0.1) is 0 Å². The second-order valence-corrected chi connectivity index (χ2v) is 4.69. The van der Waals surface area contributed by atoms with Gasteiger partial charge in [0.2, 0.25) is 5.91 Å². The largest absolute Gasteiger partial charge is 0.355 e. The van der Waals surface area contributed by atoms with Gasteiger partial charge in [-0.2, -0.15) is 0 Å². The molecule has 1 aromatic heterocycles. The van der Waals surface area contributed by atoms with E-state index < -0.39 is 0 Å². The third-order valence-corrected chi connectivity index (χ3v) is 2.71. The van der Waals surface area contributed by atoms with Gasteiger partial charge in [0.15, 0.2) is 0 Å². The number of hydrogen-bond donors (Lipinski definition) is 1. The molecule has 2 amide bonds. The number of carbonyl (C=O) groups is 2. The van der Waals surface area contributed by atoms with Crippen LogP contribution in [-0.4, -0.2) is 41.8 Å². The van der Waals surface area contributed by atoms with Crippen LogP contribution < -0.4 is 5.32 Å². The van der Waals surface area contributed by atoms with E-state index in [1.807, 2.05) is 6.92 Å². The van der Waals surface area contributed by atoms with Crippen molar-refractivity contribution in [2.24, 2.45) is 0 Å². The summed E-state index contributed by atoms with van der Waals surface area (Å²) in [4.78, 5) is 28.8. The molecule has 98 valence electrons. The van der Waals surface area contributed by atoms with Crippen molar-refractivity contribution in [3.05, 3.63) is 28.5 Å². The molecule has 1 rings (SSSR count). The molecular formula is C12H16BrN3O2. The van der Waals surface area contributed by atoms with Crippen LogP contribution >= 0.6 is 15.9 Å². The molecule has 0 fully saturated rings. The molecule has 0 spiro atoms. The lowest BCUT2D eigenvalue weighted by molar-refractivity contribution is -0.121. The highest BCUT2D eigenvalue weighted by molar-refractivity contribution is 9.10. The zero-order valence-electron chi connectivity index (χ0n) is 10.4. The van der Waals surface area contributed by atoms with Gasteiger partial charge >= 0.3 is 0 Å². The zero-order valence-corrected chi connectivity index (χ0v) is 12.0. The number of hydrogen-bond acceptors (Lipinski definition) is 3. The minimum atomic E-state index is -0.204. The van der Waals surface area contributed by atoms with E-state index in [1.54, 1.807) is 25.4 Å². The van der Waals surface area contributed by atoms with Gasteiger partial charge in [-0.1, -0.05) is 6.92 Å². The SMILES string of the molecule is CCCNC(=O)CN(C)C(=O)c1ccnc(Br)c1. The maximum Gasteiger partial charge on any atom is 0.254 e. The predicted octanol–water partition coefficient (Wildman–Crippen LogP) is 1.44. The molecule has 0 aliphatic heterocycles. The fraction of sp³-hybridized carbons (Fsp3) is 0.417. The number of nitrogens with one attached hydrogen (secondary N) is 1. The maximum atomic E-state index is 12.0. The molecule has 0 saturated heterocycles. The van der Waals surface area contributed by atoms with Crippen molar-refractivity contribution in [1.29, 1.82) is 0 Å². The molecule has 0 atom stereocenters. The van der Waals surface area contributed by atoms with Crippen molar-refractivity contribution in [2.45, 2.75) is 13.3 Å². The van der Waals surface area contributed by atoms with E-state index in [1.165, 1.54) is 4.90 Å². The third kappa shape index (κ3) is 4.44. The van der Waals surface area contributed by atoms with E-state index >= 15 is 0 Å². The normalized spacial score (nSPS) is 9.94. The van der Waals surface area contributed by atoms with Gasteiger partial charge in [-0.25, -0.2) is 4.98 Å². The molecule has 1 aromatic rings. The molecule has 6 heteroatoms. The lowest BCUT2D eigenvalue weighted by Gasteiger charge is -2.16. The van der Waals surface area contributed by atoms with Gasteiger partial charge in [0, 0.05) is 25.4 Å². The van der Waals surface area contributed by atoms with E-state index in [2.05, 4.69) is 26.2 Å². The number of aromatic nitrogens is 1. The van der Waals surface area contributed by atoms with Crippen LogP contribution in [0.5, 0.6) is 0 Å². The summed E-state index contributed by atoms with van der Waals surface area (Å²) in [5.41, 5.74) is 0.502. The lowest BCUT2D eigenvalue weighted by atomic mass is 10.2. The molecule has 5 nitrogen and oxygen atoms in total. The summed E-state index contributed by atoms with van der Waals surface area (Å²) < 4.78 is 0.595. The monoisotopic (exact) mass is 313 g/mol. The van der Waals surface area contributed by atoms with Crippen LogP contribution in [0.4, 0.5) is 0 Å². The molecule has 18 heavy (non-hydrogen) atoms. The zero-order chi connectivity index (χ0) is 13.5. The molecule has 0 bridgehead atoms. The first kappa shape index (κ1) is 14.6. The number of nitrogens with zero attached hydrogens (tertiary/aromatic N) is 2. The van der Waals surface area contributed by atoms with Gasteiger partial charge in [0.05, 0.1) is 6.54 Å². The fourth-order valence-electron chi connectivity index (χ4n) is 1.36. The van der Waals surface area contributed by atoms with E-state index in [0.29, 0.717) is 16.7 Å². The van der Waals surface area contributed by atoms with E-state index in [4.69, 9.17) is 0 Å². The Morgan fingerprint density at radius 3 is 2.83 bits per heavy atom. The average Bonchev–Trinajstić information content (AvgIpc) is 2.35. The van der Waals surface area contributed by atoms with Crippen LogP contribution in [0.2, 0.25) is 0 Å². The van der Waals surface area contributed by atoms with Gasteiger partial charge in [-0.05, 0) is 34.5 Å². The fourth-order valence-corrected chi connectivity index (χ4v) is 1.73. The van der Waals surface area contributed by atoms with Crippen molar-refractivity contribution >= 4 is 27.7 Å². The average molecular weight is 314 g/mol. The summed E-state index contributed by atoms with van der Waals surface area (Å²) in [6, 6.07) is 3.25. The Morgan fingerprint density at radius 2 is 2.22 bits per heavy atom.